The molecule has 4 rings (SSSR count). The minimum absolute atomic E-state index is 0.136. The van der Waals surface area contributed by atoms with Gasteiger partial charge in [-0.25, -0.2) is 4.79 Å². The van der Waals surface area contributed by atoms with Gasteiger partial charge in [0.2, 0.25) is 0 Å². The van der Waals surface area contributed by atoms with E-state index in [9.17, 15) is 18.0 Å². The molecule has 2 aliphatic heterocycles. The number of piperidine rings is 1. The molecule has 27 heavy (non-hydrogen) atoms. The lowest BCUT2D eigenvalue weighted by molar-refractivity contribution is -0.192. The topological polar surface area (TPSA) is 85.4 Å². The molecule has 2 atom stereocenters. The lowest BCUT2D eigenvalue weighted by atomic mass is 9.94. The van der Waals surface area contributed by atoms with Crippen LogP contribution in [0.5, 0.6) is 0 Å². The van der Waals surface area contributed by atoms with E-state index in [1.807, 2.05) is 35.2 Å². The standard InChI is InChI=1S/C16H19N3O.C2HF3O2/c20-16(14-8-11-4-1-2-6-13(11)18-14)19-9-12-5-3-7-17-15(12)10-19;3-2(4,5)1(6)7/h1-2,4,6,8,12,15,17-18H,3,5,7,9-10H2;(H,6,7)/t12-,15+;/m0./s1. The molecular formula is C18H20F3N3O3. The van der Waals surface area contributed by atoms with Gasteiger partial charge < -0.3 is 20.3 Å². The van der Waals surface area contributed by atoms with Gasteiger partial charge in [0.1, 0.15) is 5.69 Å². The van der Waals surface area contributed by atoms with Gasteiger partial charge in [0.25, 0.3) is 5.91 Å². The third-order valence-electron chi connectivity index (χ3n) is 4.89. The number of likely N-dealkylation sites (tertiary alicyclic amines) is 1. The number of rotatable bonds is 1. The summed E-state index contributed by atoms with van der Waals surface area (Å²) in [5.41, 5.74) is 1.75. The zero-order chi connectivity index (χ0) is 19.6. The van der Waals surface area contributed by atoms with Crippen LogP contribution in [0.3, 0.4) is 0 Å². The first-order valence-electron chi connectivity index (χ1n) is 8.66. The predicted octanol–water partition coefficient (Wildman–Crippen LogP) is 2.63. The van der Waals surface area contributed by atoms with Crippen molar-refractivity contribution in [2.75, 3.05) is 19.6 Å². The van der Waals surface area contributed by atoms with Crippen molar-refractivity contribution in [3.63, 3.8) is 0 Å². The summed E-state index contributed by atoms with van der Waals surface area (Å²) in [6, 6.07) is 10.5. The van der Waals surface area contributed by atoms with Crippen LogP contribution in [0.1, 0.15) is 23.3 Å². The fourth-order valence-electron chi connectivity index (χ4n) is 3.57. The van der Waals surface area contributed by atoms with E-state index < -0.39 is 12.1 Å². The minimum Gasteiger partial charge on any atom is -0.475 e. The van der Waals surface area contributed by atoms with E-state index >= 15 is 0 Å². The van der Waals surface area contributed by atoms with Gasteiger partial charge in [-0.3, -0.25) is 4.79 Å². The molecule has 2 aliphatic rings. The van der Waals surface area contributed by atoms with Crippen LogP contribution >= 0.6 is 0 Å². The second-order valence-electron chi connectivity index (χ2n) is 6.75. The highest BCUT2D eigenvalue weighted by molar-refractivity contribution is 5.98. The van der Waals surface area contributed by atoms with Gasteiger partial charge in [0.05, 0.1) is 0 Å². The number of carboxylic acid groups (broad SMARTS) is 1. The Labute approximate surface area is 153 Å². The molecule has 1 aromatic carbocycles. The molecule has 0 radical (unpaired) electrons. The smallest absolute Gasteiger partial charge is 0.475 e. The summed E-state index contributed by atoms with van der Waals surface area (Å²) in [6.07, 6.45) is -2.61. The number of aromatic nitrogens is 1. The first kappa shape index (κ1) is 19.2. The Morgan fingerprint density at radius 3 is 2.52 bits per heavy atom. The molecule has 1 aromatic heterocycles. The van der Waals surface area contributed by atoms with Gasteiger partial charge >= 0.3 is 12.1 Å². The Morgan fingerprint density at radius 1 is 1.19 bits per heavy atom. The normalized spacial score (nSPS) is 22.1. The van der Waals surface area contributed by atoms with Crippen LogP contribution in [0.15, 0.2) is 30.3 Å². The Hall–Kier alpha value is -2.55. The summed E-state index contributed by atoms with van der Waals surface area (Å²) < 4.78 is 31.7. The molecule has 2 saturated heterocycles. The van der Waals surface area contributed by atoms with Crippen molar-refractivity contribution in [3.05, 3.63) is 36.0 Å². The molecule has 3 N–H and O–H groups in total. The van der Waals surface area contributed by atoms with E-state index in [2.05, 4.69) is 10.3 Å². The molecular weight excluding hydrogens is 363 g/mol. The molecule has 9 heteroatoms. The van der Waals surface area contributed by atoms with Crippen molar-refractivity contribution >= 4 is 22.8 Å². The van der Waals surface area contributed by atoms with Gasteiger partial charge in [-0.15, -0.1) is 0 Å². The molecule has 6 nitrogen and oxygen atoms in total. The highest BCUT2D eigenvalue weighted by Crippen LogP contribution is 2.26. The third kappa shape index (κ3) is 4.41. The quantitative estimate of drug-likeness (QED) is 0.707. The number of alkyl halides is 3. The number of carboxylic acids is 1. The lowest BCUT2D eigenvalue weighted by Gasteiger charge is -2.24. The van der Waals surface area contributed by atoms with E-state index in [1.54, 1.807) is 0 Å². The molecule has 146 valence electrons. The monoisotopic (exact) mass is 383 g/mol. The summed E-state index contributed by atoms with van der Waals surface area (Å²) in [5, 5.41) is 11.8. The molecule has 0 aliphatic carbocycles. The largest absolute Gasteiger partial charge is 0.490 e. The van der Waals surface area contributed by atoms with Crippen molar-refractivity contribution in [1.82, 2.24) is 15.2 Å². The number of carbonyl (C=O) groups is 2. The van der Waals surface area contributed by atoms with E-state index in [4.69, 9.17) is 9.90 Å². The average Bonchev–Trinajstić information content (AvgIpc) is 3.24. The number of aromatic amines is 1. The maximum Gasteiger partial charge on any atom is 0.490 e. The van der Waals surface area contributed by atoms with Gasteiger partial charge in [-0.2, -0.15) is 13.2 Å². The van der Waals surface area contributed by atoms with Crippen molar-refractivity contribution in [1.29, 1.82) is 0 Å². The van der Waals surface area contributed by atoms with Crippen molar-refractivity contribution in [2.24, 2.45) is 5.92 Å². The fourth-order valence-corrected chi connectivity index (χ4v) is 3.57. The van der Waals surface area contributed by atoms with Crippen LogP contribution in [0.4, 0.5) is 13.2 Å². The van der Waals surface area contributed by atoms with Gasteiger partial charge in [-0.1, -0.05) is 18.2 Å². The number of para-hydroxylation sites is 1. The summed E-state index contributed by atoms with van der Waals surface area (Å²) in [7, 11) is 0. The van der Waals surface area contributed by atoms with Crippen LogP contribution in [0.25, 0.3) is 10.9 Å². The predicted molar refractivity (Wildman–Crippen MR) is 92.4 cm³/mol. The number of aliphatic carboxylic acids is 1. The van der Waals surface area contributed by atoms with Crippen molar-refractivity contribution in [3.8, 4) is 0 Å². The Kier molecular flexibility index (Phi) is 5.41. The van der Waals surface area contributed by atoms with E-state index in [-0.39, 0.29) is 5.91 Å². The number of amides is 1. The van der Waals surface area contributed by atoms with E-state index in [0.29, 0.717) is 17.7 Å². The number of fused-ring (bicyclic) bond motifs is 2. The van der Waals surface area contributed by atoms with Crippen LogP contribution < -0.4 is 5.32 Å². The number of nitrogens with one attached hydrogen (secondary N) is 2. The molecule has 0 unspecified atom stereocenters. The first-order chi connectivity index (χ1) is 12.8. The number of hydrogen-bond donors (Lipinski definition) is 3. The molecule has 2 aromatic rings. The number of H-pyrrole nitrogens is 1. The molecule has 3 heterocycles. The molecule has 2 fully saturated rings. The highest BCUT2D eigenvalue weighted by Gasteiger charge is 2.38. The van der Waals surface area contributed by atoms with Crippen LogP contribution in [-0.2, 0) is 4.79 Å². The Bertz CT molecular complexity index is 787. The summed E-state index contributed by atoms with van der Waals surface area (Å²) in [5.74, 6) is -1.98. The molecule has 0 spiro atoms. The lowest BCUT2D eigenvalue weighted by Crippen LogP contribution is -2.41. The number of nitrogens with zero attached hydrogens (tertiary/aromatic N) is 1. The number of hydrogen-bond acceptors (Lipinski definition) is 3. The molecule has 1 amide bonds. The average molecular weight is 383 g/mol. The summed E-state index contributed by atoms with van der Waals surface area (Å²) in [4.78, 5) is 26.8. The SMILES string of the molecule is O=C(O)C(F)(F)F.O=C(c1cc2ccccc2[nH]1)N1C[C@@H]2CCCN[C@@H]2C1. The fraction of sp³-hybridized carbons (Fsp3) is 0.444. The zero-order valence-electron chi connectivity index (χ0n) is 14.4. The number of halogens is 3. The van der Waals surface area contributed by atoms with Crippen LogP contribution in [0.2, 0.25) is 0 Å². The van der Waals surface area contributed by atoms with Gasteiger partial charge in [-0.05, 0) is 37.4 Å². The maximum absolute atomic E-state index is 12.6. The summed E-state index contributed by atoms with van der Waals surface area (Å²) >= 11 is 0. The van der Waals surface area contributed by atoms with Crippen molar-refractivity contribution in [2.45, 2.75) is 25.1 Å². The third-order valence-corrected chi connectivity index (χ3v) is 4.89. The Morgan fingerprint density at radius 2 is 1.89 bits per heavy atom. The molecule has 0 saturated carbocycles. The minimum atomic E-state index is -5.08. The Balaban J connectivity index is 0.000000260. The van der Waals surface area contributed by atoms with E-state index in [0.717, 1.165) is 30.5 Å². The van der Waals surface area contributed by atoms with E-state index in [1.165, 1.54) is 12.8 Å². The molecule has 0 bridgehead atoms. The zero-order valence-corrected chi connectivity index (χ0v) is 14.4. The maximum atomic E-state index is 12.6. The van der Waals surface area contributed by atoms with Gasteiger partial charge in [0, 0.05) is 30.0 Å². The number of benzene rings is 1. The number of carbonyl (C=O) groups excluding carboxylic acids is 1. The first-order valence-corrected chi connectivity index (χ1v) is 8.66. The van der Waals surface area contributed by atoms with Crippen LogP contribution in [-0.4, -0.2) is 58.7 Å². The van der Waals surface area contributed by atoms with Gasteiger partial charge in [0.15, 0.2) is 0 Å². The second-order valence-corrected chi connectivity index (χ2v) is 6.75. The summed E-state index contributed by atoms with van der Waals surface area (Å²) in [6.45, 7) is 2.83. The van der Waals surface area contributed by atoms with Crippen molar-refractivity contribution < 1.29 is 27.9 Å². The van der Waals surface area contributed by atoms with Crippen LogP contribution in [0, 0.1) is 5.92 Å². The highest BCUT2D eigenvalue weighted by atomic mass is 19.4. The second kappa shape index (κ2) is 7.59.